The van der Waals surface area contributed by atoms with Crippen LogP contribution in [0.2, 0.25) is 5.02 Å². The molecule has 0 aliphatic heterocycles. The van der Waals surface area contributed by atoms with Gasteiger partial charge in [-0.15, -0.1) is 0 Å². The van der Waals surface area contributed by atoms with Gasteiger partial charge in [0.25, 0.3) is 0 Å². The van der Waals surface area contributed by atoms with Gasteiger partial charge in [-0.1, -0.05) is 48.5 Å². The second-order valence-electron chi connectivity index (χ2n) is 4.66. The van der Waals surface area contributed by atoms with Crippen LogP contribution in [0.15, 0.2) is 55.1 Å². The lowest BCUT2D eigenvalue weighted by atomic mass is 10.1. The first-order valence-corrected chi connectivity index (χ1v) is 7.09. The van der Waals surface area contributed by atoms with E-state index in [0.29, 0.717) is 10.7 Å². The summed E-state index contributed by atoms with van der Waals surface area (Å²) < 4.78 is 5.08. The molecule has 0 aliphatic carbocycles. The third-order valence-corrected chi connectivity index (χ3v) is 3.41. The number of hydrazine groups is 1. The van der Waals surface area contributed by atoms with E-state index in [1.165, 1.54) is 0 Å². The van der Waals surface area contributed by atoms with E-state index in [0.717, 1.165) is 16.9 Å². The Morgan fingerprint density at radius 1 is 1.14 bits per heavy atom. The Bertz CT molecular complexity index is 669. The SMILES string of the molecule is C=C(NNC(=O)Cc1ccc(OC)cc1)c1ccccc1Cl. The molecule has 2 rings (SSSR count). The molecule has 1 amide bonds. The predicted molar refractivity (Wildman–Crippen MR) is 88.5 cm³/mol. The van der Waals surface area contributed by atoms with Gasteiger partial charge in [0.1, 0.15) is 5.75 Å². The van der Waals surface area contributed by atoms with E-state index < -0.39 is 0 Å². The fourth-order valence-corrected chi connectivity index (χ4v) is 2.14. The molecule has 2 aromatic carbocycles. The van der Waals surface area contributed by atoms with Gasteiger partial charge >= 0.3 is 0 Å². The van der Waals surface area contributed by atoms with Gasteiger partial charge < -0.3 is 4.74 Å². The molecule has 22 heavy (non-hydrogen) atoms. The first-order chi connectivity index (χ1) is 10.6. The van der Waals surface area contributed by atoms with Crippen LogP contribution >= 0.6 is 11.6 Å². The maximum Gasteiger partial charge on any atom is 0.242 e. The zero-order valence-corrected chi connectivity index (χ0v) is 13.0. The molecule has 5 heteroatoms. The molecule has 0 aliphatic rings. The van der Waals surface area contributed by atoms with Crippen molar-refractivity contribution in [1.82, 2.24) is 10.9 Å². The molecule has 0 fully saturated rings. The summed E-state index contributed by atoms with van der Waals surface area (Å²) in [6.45, 7) is 3.86. The summed E-state index contributed by atoms with van der Waals surface area (Å²) >= 11 is 6.07. The number of hydrogen-bond acceptors (Lipinski definition) is 3. The average molecular weight is 317 g/mol. The van der Waals surface area contributed by atoms with Crippen LogP contribution in [-0.2, 0) is 11.2 Å². The van der Waals surface area contributed by atoms with Gasteiger partial charge in [0, 0.05) is 10.6 Å². The molecule has 0 bridgehead atoms. The number of rotatable bonds is 6. The van der Waals surface area contributed by atoms with Gasteiger partial charge in [0.05, 0.1) is 19.2 Å². The van der Waals surface area contributed by atoms with Gasteiger partial charge in [-0.25, -0.2) is 0 Å². The number of hydrogen-bond donors (Lipinski definition) is 2. The number of carbonyl (C=O) groups is 1. The lowest BCUT2D eigenvalue weighted by molar-refractivity contribution is -0.121. The molecule has 0 atom stereocenters. The molecule has 0 aromatic heterocycles. The maximum absolute atomic E-state index is 11.9. The molecule has 2 N–H and O–H groups in total. The number of halogens is 1. The second kappa shape index (κ2) is 7.52. The third kappa shape index (κ3) is 4.27. The average Bonchev–Trinajstić information content (AvgIpc) is 2.54. The van der Waals surface area contributed by atoms with E-state index >= 15 is 0 Å². The molecule has 0 unspecified atom stereocenters. The minimum absolute atomic E-state index is 0.168. The number of methoxy groups -OCH3 is 1. The molecular weight excluding hydrogens is 300 g/mol. The van der Waals surface area contributed by atoms with Crippen molar-refractivity contribution >= 4 is 23.2 Å². The minimum atomic E-state index is -0.168. The molecule has 0 saturated heterocycles. The molecular formula is C17H17ClN2O2. The highest BCUT2D eigenvalue weighted by Crippen LogP contribution is 2.19. The first-order valence-electron chi connectivity index (χ1n) is 6.71. The Hall–Kier alpha value is -2.46. The summed E-state index contributed by atoms with van der Waals surface area (Å²) in [6.07, 6.45) is 0.257. The van der Waals surface area contributed by atoms with E-state index in [4.69, 9.17) is 16.3 Å². The van der Waals surface area contributed by atoms with Crippen LogP contribution in [0, 0.1) is 0 Å². The van der Waals surface area contributed by atoms with Crippen molar-refractivity contribution in [2.75, 3.05) is 7.11 Å². The fourth-order valence-electron chi connectivity index (χ4n) is 1.89. The van der Waals surface area contributed by atoms with Crippen molar-refractivity contribution in [2.24, 2.45) is 0 Å². The van der Waals surface area contributed by atoms with E-state index in [9.17, 15) is 4.79 Å². The summed E-state index contributed by atoms with van der Waals surface area (Å²) in [7, 11) is 1.60. The molecule has 0 saturated carbocycles. The number of carbonyl (C=O) groups excluding carboxylic acids is 1. The lowest BCUT2D eigenvalue weighted by Gasteiger charge is -2.12. The Balaban J connectivity index is 1.87. The summed E-state index contributed by atoms with van der Waals surface area (Å²) in [5.41, 5.74) is 7.56. The van der Waals surface area contributed by atoms with Gasteiger partial charge in [-0.05, 0) is 23.8 Å². The summed E-state index contributed by atoms with van der Waals surface area (Å²) in [5, 5.41) is 0.574. The van der Waals surface area contributed by atoms with Crippen LogP contribution in [0.1, 0.15) is 11.1 Å². The molecule has 114 valence electrons. The lowest BCUT2D eigenvalue weighted by Crippen LogP contribution is -2.36. The molecule has 2 aromatic rings. The third-order valence-electron chi connectivity index (χ3n) is 3.08. The zero-order chi connectivity index (χ0) is 15.9. The number of nitrogens with one attached hydrogen (secondary N) is 2. The van der Waals surface area contributed by atoms with Crippen LogP contribution in [0.5, 0.6) is 5.75 Å². The van der Waals surface area contributed by atoms with Crippen molar-refractivity contribution in [3.63, 3.8) is 0 Å². The highest BCUT2D eigenvalue weighted by atomic mass is 35.5. The topological polar surface area (TPSA) is 50.4 Å². The zero-order valence-electron chi connectivity index (χ0n) is 12.2. The summed E-state index contributed by atoms with van der Waals surface area (Å²) in [5.74, 6) is 0.591. The predicted octanol–water partition coefficient (Wildman–Crippen LogP) is 3.18. The van der Waals surface area contributed by atoms with Crippen LogP contribution in [0.25, 0.3) is 5.70 Å². The molecule has 0 spiro atoms. The Morgan fingerprint density at radius 3 is 2.45 bits per heavy atom. The van der Waals surface area contributed by atoms with E-state index in [2.05, 4.69) is 17.4 Å². The Labute approximate surface area is 134 Å². The Kier molecular flexibility index (Phi) is 5.44. The smallest absolute Gasteiger partial charge is 0.242 e. The van der Waals surface area contributed by atoms with Crippen LogP contribution < -0.4 is 15.6 Å². The van der Waals surface area contributed by atoms with Crippen LogP contribution in [-0.4, -0.2) is 13.0 Å². The summed E-state index contributed by atoms with van der Waals surface area (Å²) in [6, 6.07) is 14.6. The van der Waals surface area contributed by atoms with Crippen molar-refractivity contribution in [3.8, 4) is 5.75 Å². The van der Waals surface area contributed by atoms with Crippen LogP contribution in [0.3, 0.4) is 0 Å². The molecule has 4 nitrogen and oxygen atoms in total. The quantitative estimate of drug-likeness (QED) is 0.805. The van der Waals surface area contributed by atoms with Crippen molar-refractivity contribution in [1.29, 1.82) is 0 Å². The van der Waals surface area contributed by atoms with Gasteiger partial charge in [0.2, 0.25) is 5.91 Å². The second-order valence-corrected chi connectivity index (χ2v) is 5.06. The van der Waals surface area contributed by atoms with Crippen molar-refractivity contribution < 1.29 is 9.53 Å². The molecule has 0 radical (unpaired) electrons. The van der Waals surface area contributed by atoms with E-state index in [1.807, 2.05) is 42.5 Å². The first kappa shape index (κ1) is 15.9. The number of ether oxygens (including phenoxy) is 1. The maximum atomic E-state index is 11.9. The number of benzene rings is 2. The van der Waals surface area contributed by atoms with Gasteiger partial charge in [0.15, 0.2) is 0 Å². The molecule has 0 heterocycles. The minimum Gasteiger partial charge on any atom is -0.497 e. The van der Waals surface area contributed by atoms with Crippen molar-refractivity contribution in [2.45, 2.75) is 6.42 Å². The normalized spacial score (nSPS) is 9.91. The number of amides is 1. The van der Waals surface area contributed by atoms with Gasteiger partial charge in [-0.2, -0.15) is 0 Å². The van der Waals surface area contributed by atoms with Crippen LogP contribution in [0.4, 0.5) is 0 Å². The van der Waals surface area contributed by atoms with E-state index in [1.54, 1.807) is 13.2 Å². The standard InChI is InChI=1S/C17H17ClN2O2/c1-12(15-5-3-4-6-16(15)18)19-20-17(21)11-13-7-9-14(22-2)10-8-13/h3-10,19H,1,11H2,2H3,(H,20,21). The Morgan fingerprint density at radius 2 is 1.82 bits per heavy atom. The summed E-state index contributed by atoms with van der Waals surface area (Å²) in [4.78, 5) is 11.9. The fraction of sp³-hybridized carbons (Fsp3) is 0.118. The highest BCUT2D eigenvalue weighted by Gasteiger charge is 2.06. The largest absolute Gasteiger partial charge is 0.497 e. The van der Waals surface area contributed by atoms with Gasteiger partial charge in [-0.3, -0.25) is 15.6 Å². The van der Waals surface area contributed by atoms with Crippen molar-refractivity contribution in [3.05, 3.63) is 71.3 Å². The van der Waals surface area contributed by atoms with E-state index in [-0.39, 0.29) is 12.3 Å². The highest BCUT2D eigenvalue weighted by molar-refractivity contribution is 6.32. The monoisotopic (exact) mass is 316 g/mol.